The summed E-state index contributed by atoms with van der Waals surface area (Å²) >= 11 is 3.34. The Hall–Kier alpha value is -0.650. The molecule has 0 bridgehead atoms. The highest BCUT2D eigenvalue weighted by Crippen LogP contribution is 2.23. The van der Waals surface area contributed by atoms with E-state index in [0.29, 0.717) is 6.42 Å². The zero-order valence-electron chi connectivity index (χ0n) is 10.2. The fourth-order valence-electron chi connectivity index (χ4n) is 1.70. The van der Waals surface area contributed by atoms with Crippen molar-refractivity contribution in [1.29, 1.82) is 0 Å². The molecular weight excluding hydrogens is 284 g/mol. The first-order valence-electron chi connectivity index (χ1n) is 5.73. The van der Waals surface area contributed by atoms with Crippen LogP contribution in [0, 0.1) is 0 Å². The number of hydrogen-bond acceptors (Lipinski definition) is 4. The third kappa shape index (κ3) is 3.94. The van der Waals surface area contributed by atoms with Gasteiger partial charge in [0.1, 0.15) is 5.82 Å². The molecule has 0 saturated heterocycles. The van der Waals surface area contributed by atoms with Gasteiger partial charge < -0.3 is 15.1 Å². The highest BCUT2D eigenvalue weighted by molar-refractivity contribution is 9.10. The van der Waals surface area contributed by atoms with Gasteiger partial charge in [0.2, 0.25) is 0 Å². The van der Waals surface area contributed by atoms with Crippen molar-refractivity contribution in [2.24, 2.45) is 0 Å². The monoisotopic (exact) mass is 302 g/mol. The molecule has 1 aromatic heterocycles. The van der Waals surface area contributed by atoms with Crippen LogP contribution in [0.15, 0.2) is 16.7 Å². The summed E-state index contributed by atoms with van der Waals surface area (Å²) in [6, 6.07) is 2.15. The molecule has 0 fully saturated rings. The maximum atomic E-state index is 9.36. The van der Waals surface area contributed by atoms with Crippen LogP contribution in [0.4, 0.5) is 5.82 Å². The third-order valence-electron chi connectivity index (χ3n) is 2.53. The van der Waals surface area contributed by atoms with E-state index in [-0.39, 0.29) is 19.3 Å². The van der Waals surface area contributed by atoms with Crippen LogP contribution in [0.5, 0.6) is 0 Å². The molecule has 0 radical (unpaired) electrons. The van der Waals surface area contributed by atoms with Crippen LogP contribution in [-0.4, -0.2) is 34.4 Å². The number of aliphatic hydroxyl groups excluding tert-OH is 2. The number of rotatable bonds is 6. The van der Waals surface area contributed by atoms with E-state index in [1.54, 1.807) is 6.20 Å². The maximum absolute atomic E-state index is 9.36. The molecule has 0 aliphatic heterocycles. The quantitative estimate of drug-likeness (QED) is 0.843. The summed E-state index contributed by atoms with van der Waals surface area (Å²) in [7, 11) is 0. The SMILES string of the molecule is CC(C)N(CCCO)c1ncc(Br)cc1CO. The summed E-state index contributed by atoms with van der Waals surface area (Å²) in [5.74, 6) is 0.791. The van der Waals surface area contributed by atoms with E-state index in [2.05, 4.69) is 39.7 Å². The Morgan fingerprint density at radius 2 is 2.12 bits per heavy atom. The molecule has 96 valence electrons. The van der Waals surface area contributed by atoms with E-state index in [4.69, 9.17) is 5.11 Å². The Morgan fingerprint density at radius 1 is 1.41 bits per heavy atom. The zero-order valence-corrected chi connectivity index (χ0v) is 11.8. The minimum Gasteiger partial charge on any atom is -0.396 e. The normalized spacial score (nSPS) is 10.9. The van der Waals surface area contributed by atoms with Gasteiger partial charge in [-0.05, 0) is 42.3 Å². The van der Waals surface area contributed by atoms with Gasteiger partial charge in [-0.15, -0.1) is 0 Å². The molecule has 5 heteroatoms. The molecule has 0 saturated carbocycles. The number of aliphatic hydroxyl groups is 2. The molecule has 0 unspecified atom stereocenters. The van der Waals surface area contributed by atoms with Gasteiger partial charge >= 0.3 is 0 Å². The fraction of sp³-hybridized carbons (Fsp3) is 0.583. The third-order valence-corrected chi connectivity index (χ3v) is 2.97. The number of pyridine rings is 1. The van der Waals surface area contributed by atoms with Crippen LogP contribution in [0.2, 0.25) is 0 Å². The number of anilines is 1. The minimum atomic E-state index is -0.0376. The lowest BCUT2D eigenvalue weighted by Gasteiger charge is -2.29. The lowest BCUT2D eigenvalue weighted by atomic mass is 10.2. The largest absolute Gasteiger partial charge is 0.396 e. The number of hydrogen-bond donors (Lipinski definition) is 2. The Balaban J connectivity index is 3.00. The van der Waals surface area contributed by atoms with Crippen LogP contribution in [0.25, 0.3) is 0 Å². The molecule has 17 heavy (non-hydrogen) atoms. The van der Waals surface area contributed by atoms with Gasteiger partial charge in [-0.3, -0.25) is 0 Å². The van der Waals surface area contributed by atoms with Crippen molar-refractivity contribution in [2.45, 2.75) is 32.9 Å². The van der Waals surface area contributed by atoms with Crippen molar-refractivity contribution in [3.8, 4) is 0 Å². The van der Waals surface area contributed by atoms with Crippen LogP contribution in [0.3, 0.4) is 0 Å². The fourth-order valence-corrected chi connectivity index (χ4v) is 2.08. The molecule has 1 rings (SSSR count). The van der Waals surface area contributed by atoms with Gasteiger partial charge in [-0.2, -0.15) is 0 Å². The van der Waals surface area contributed by atoms with Crippen LogP contribution < -0.4 is 4.90 Å². The van der Waals surface area contributed by atoms with Gasteiger partial charge in [-0.25, -0.2) is 4.98 Å². The molecule has 4 nitrogen and oxygen atoms in total. The molecule has 0 aliphatic rings. The summed E-state index contributed by atoms with van der Waals surface area (Å²) < 4.78 is 0.858. The first kappa shape index (κ1) is 14.4. The van der Waals surface area contributed by atoms with Gasteiger partial charge in [-0.1, -0.05) is 0 Å². The van der Waals surface area contributed by atoms with Crippen LogP contribution >= 0.6 is 15.9 Å². The van der Waals surface area contributed by atoms with Crippen molar-refractivity contribution in [1.82, 2.24) is 4.98 Å². The van der Waals surface area contributed by atoms with Gasteiger partial charge in [0, 0.05) is 35.4 Å². The highest BCUT2D eigenvalue weighted by atomic mass is 79.9. The van der Waals surface area contributed by atoms with Gasteiger partial charge in [0.15, 0.2) is 0 Å². The predicted octanol–water partition coefficient (Wildman–Crippen LogP) is 1.93. The molecule has 0 spiro atoms. The maximum Gasteiger partial charge on any atom is 0.134 e. The molecule has 0 aliphatic carbocycles. The van der Waals surface area contributed by atoms with Crippen molar-refractivity contribution in [3.05, 3.63) is 22.3 Å². The minimum absolute atomic E-state index is 0.0376. The summed E-state index contributed by atoms with van der Waals surface area (Å²) in [6.45, 7) is 5.00. The smallest absolute Gasteiger partial charge is 0.134 e. The lowest BCUT2D eigenvalue weighted by molar-refractivity contribution is 0.280. The second-order valence-corrected chi connectivity index (χ2v) is 5.07. The Kier molecular flexibility index (Phi) is 5.88. The Bertz CT molecular complexity index is 358. The molecule has 0 aromatic carbocycles. The first-order chi connectivity index (χ1) is 8.10. The standard InChI is InChI=1S/C12H19BrN2O2/c1-9(2)15(4-3-5-16)12-10(8-17)6-11(13)7-14-12/h6-7,9,16-17H,3-5,8H2,1-2H3. The van der Waals surface area contributed by atoms with Gasteiger partial charge in [0.25, 0.3) is 0 Å². The Morgan fingerprint density at radius 3 is 2.65 bits per heavy atom. The first-order valence-corrected chi connectivity index (χ1v) is 6.52. The Labute approximate surface area is 110 Å². The number of nitrogens with zero attached hydrogens (tertiary/aromatic N) is 2. The van der Waals surface area contributed by atoms with E-state index < -0.39 is 0 Å². The topological polar surface area (TPSA) is 56.6 Å². The second kappa shape index (κ2) is 6.93. The van der Waals surface area contributed by atoms with Crippen LogP contribution in [0.1, 0.15) is 25.8 Å². The van der Waals surface area contributed by atoms with Crippen molar-refractivity contribution in [3.63, 3.8) is 0 Å². The summed E-state index contributed by atoms with van der Waals surface area (Å²) in [5, 5.41) is 18.3. The zero-order chi connectivity index (χ0) is 12.8. The number of halogens is 1. The summed E-state index contributed by atoms with van der Waals surface area (Å²) in [6.07, 6.45) is 2.42. The molecule has 0 atom stereocenters. The highest BCUT2D eigenvalue weighted by Gasteiger charge is 2.15. The van der Waals surface area contributed by atoms with E-state index in [0.717, 1.165) is 22.4 Å². The van der Waals surface area contributed by atoms with E-state index in [1.807, 2.05) is 6.07 Å². The lowest BCUT2D eigenvalue weighted by Crippen LogP contribution is -2.33. The van der Waals surface area contributed by atoms with E-state index in [9.17, 15) is 5.11 Å². The predicted molar refractivity (Wildman–Crippen MR) is 72.0 cm³/mol. The average Bonchev–Trinajstić information content (AvgIpc) is 2.30. The second-order valence-electron chi connectivity index (χ2n) is 4.16. The van der Waals surface area contributed by atoms with E-state index in [1.165, 1.54) is 0 Å². The molecule has 2 N–H and O–H groups in total. The molecule has 1 heterocycles. The molecular formula is C12H19BrN2O2. The molecule has 0 amide bonds. The van der Waals surface area contributed by atoms with Gasteiger partial charge in [0.05, 0.1) is 6.61 Å². The van der Waals surface area contributed by atoms with Crippen molar-refractivity contribution >= 4 is 21.7 Å². The van der Waals surface area contributed by atoms with E-state index >= 15 is 0 Å². The molecule has 1 aromatic rings. The van der Waals surface area contributed by atoms with Crippen molar-refractivity contribution < 1.29 is 10.2 Å². The van der Waals surface area contributed by atoms with Crippen molar-refractivity contribution in [2.75, 3.05) is 18.1 Å². The van der Waals surface area contributed by atoms with Crippen LogP contribution in [-0.2, 0) is 6.61 Å². The number of aromatic nitrogens is 1. The summed E-state index contributed by atoms with van der Waals surface area (Å²) in [4.78, 5) is 6.45. The summed E-state index contributed by atoms with van der Waals surface area (Å²) in [5.41, 5.74) is 0.797. The average molecular weight is 303 g/mol.